The first-order chi connectivity index (χ1) is 5.97. The third kappa shape index (κ3) is 1.50. The van der Waals surface area contributed by atoms with E-state index in [1.165, 1.54) is 5.56 Å². The van der Waals surface area contributed by atoms with Crippen LogP contribution in [0.3, 0.4) is 0 Å². The SMILES string of the molecule is C1=Cc2ccccc2OCCC1. The van der Waals surface area contributed by atoms with Gasteiger partial charge in [0.15, 0.2) is 0 Å². The van der Waals surface area contributed by atoms with Crippen LogP contribution in [-0.2, 0) is 0 Å². The van der Waals surface area contributed by atoms with Crippen LogP contribution in [0.25, 0.3) is 6.08 Å². The largest absolute Gasteiger partial charge is 0.493 e. The lowest BCUT2D eigenvalue weighted by atomic mass is 10.1. The molecular formula is C11H12O. The lowest BCUT2D eigenvalue weighted by Gasteiger charge is -2.10. The van der Waals surface area contributed by atoms with Crippen molar-refractivity contribution in [3.63, 3.8) is 0 Å². The maximum Gasteiger partial charge on any atom is 0.126 e. The Bertz CT molecular complexity index is 289. The standard InChI is InChI=1S/C11H12O/c1-2-6-10-7-3-4-8-11(10)12-9-5-1/h2-4,6-8H,1,5,9H2. The van der Waals surface area contributed by atoms with E-state index in [0.29, 0.717) is 0 Å². The van der Waals surface area contributed by atoms with E-state index in [4.69, 9.17) is 4.74 Å². The zero-order valence-corrected chi connectivity index (χ0v) is 6.99. The number of benzene rings is 1. The number of para-hydroxylation sites is 1. The van der Waals surface area contributed by atoms with Crippen molar-refractivity contribution in [1.82, 2.24) is 0 Å². The van der Waals surface area contributed by atoms with Crippen LogP contribution in [0, 0.1) is 0 Å². The molecule has 0 aromatic heterocycles. The average molecular weight is 160 g/mol. The summed E-state index contributed by atoms with van der Waals surface area (Å²) in [4.78, 5) is 0. The fraction of sp³-hybridized carbons (Fsp3) is 0.273. The highest BCUT2D eigenvalue weighted by Gasteiger charge is 2.00. The maximum absolute atomic E-state index is 5.58. The number of rotatable bonds is 0. The lowest BCUT2D eigenvalue weighted by Crippen LogP contribution is -1.99. The fourth-order valence-corrected chi connectivity index (χ4v) is 1.34. The normalized spacial score (nSPS) is 15.7. The molecule has 0 bridgehead atoms. The Balaban J connectivity index is 2.36. The first-order valence-electron chi connectivity index (χ1n) is 4.35. The Morgan fingerprint density at radius 3 is 3.08 bits per heavy atom. The van der Waals surface area contributed by atoms with Crippen molar-refractivity contribution in [3.05, 3.63) is 35.9 Å². The van der Waals surface area contributed by atoms with E-state index in [2.05, 4.69) is 18.2 Å². The predicted molar refractivity (Wildman–Crippen MR) is 50.2 cm³/mol. The van der Waals surface area contributed by atoms with Crippen LogP contribution in [0.1, 0.15) is 18.4 Å². The van der Waals surface area contributed by atoms with Crippen molar-refractivity contribution < 1.29 is 4.74 Å². The molecule has 1 aromatic carbocycles. The molecule has 1 aliphatic heterocycles. The van der Waals surface area contributed by atoms with Crippen molar-refractivity contribution in [2.45, 2.75) is 12.8 Å². The van der Waals surface area contributed by atoms with Crippen LogP contribution < -0.4 is 4.74 Å². The molecule has 0 radical (unpaired) electrons. The van der Waals surface area contributed by atoms with Gasteiger partial charge in [0.2, 0.25) is 0 Å². The first-order valence-corrected chi connectivity index (χ1v) is 4.35. The van der Waals surface area contributed by atoms with Gasteiger partial charge in [-0.3, -0.25) is 0 Å². The highest BCUT2D eigenvalue weighted by molar-refractivity contribution is 5.57. The molecule has 1 nitrogen and oxygen atoms in total. The minimum Gasteiger partial charge on any atom is -0.493 e. The molecule has 0 fully saturated rings. The van der Waals surface area contributed by atoms with Gasteiger partial charge in [0.05, 0.1) is 6.61 Å². The molecule has 1 heteroatoms. The van der Waals surface area contributed by atoms with Crippen LogP contribution in [-0.4, -0.2) is 6.61 Å². The monoisotopic (exact) mass is 160 g/mol. The van der Waals surface area contributed by atoms with Gasteiger partial charge < -0.3 is 4.74 Å². The summed E-state index contributed by atoms with van der Waals surface area (Å²) in [5.74, 6) is 1.01. The smallest absolute Gasteiger partial charge is 0.126 e. The summed E-state index contributed by atoms with van der Waals surface area (Å²) < 4.78 is 5.58. The van der Waals surface area contributed by atoms with Crippen LogP contribution in [0.4, 0.5) is 0 Å². The van der Waals surface area contributed by atoms with Crippen LogP contribution in [0.2, 0.25) is 0 Å². The zero-order valence-electron chi connectivity index (χ0n) is 6.99. The molecule has 0 saturated carbocycles. The molecule has 12 heavy (non-hydrogen) atoms. The van der Waals surface area contributed by atoms with Crippen LogP contribution >= 0.6 is 0 Å². The lowest BCUT2D eigenvalue weighted by molar-refractivity contribution is 0.310. The minimum absolute atomic E-state index is 0.835. The van der Waals surface area contributed by atoms with Gasteiger partial charge in [-0.25, -0.2) is 0 Å². The predicted octanol–water partition coefficient (Wildman–Crippen LogP) is 2.87. The summed E-state index contributed by atoms with van der Waals surface area (Å²) in [6.07, 6.45) is 6.58. The highest BCUT2D eigenvalue weighted by atomic mass is 16.5. The first kappa shape index (κ1) is 7.41. The Kier molecular flexibility index (Phi) is 2.12. The second-order valence-corrected chi connectivity index (χ2v) is 2.93. The minimum atomic E-state index is 0.835. The van der Waals surface area contributed by atoms with E-state index in [0.717, 1.165) is 25.2 Å². The van der Waals surface area contributed by atoms with Crippen molar-refractivity contribution >= 4 is 6.08 Å². The van der Waals surface area contributed by atoms with E-state index in [-0.39, 0.29) is 0 Å². The number of fused-ring (bicyclic) bond motifs is 1. The van der Waals surface area contributed by atoms with E-state index >= 15 is 0 Å². The molecule has 0 spiro atoms. The average Bonchev–Trinajstić information content (AvgIpc) is 2.06. The molecule has 0 unspecified atom stereocenters. The highest BCUT2D eigenvalue weighted by Crippen LogP contribution is 2.21. The van der Waals surface area contributed by atoms with Crippen LogP contribution in [0.15, 0.2) is 30.3 Å². The summed E-state index contributed by atoms with van der Waals surface area (Å²) in [6, 6.07) is 8.14. The van der Waals surface area contributed by atoms with Gasteiger partial charge in [0.1, 0.15) is 5.75 Å². The Morgan fingerprint density at radius 1 is 1.17 bits per heavy atom. The molecule has 1 aliphatic rings. The van der Waals surface area contributed by atoms with Gasteiger partial charge >= 0.3 is 0 Å². The Hall–Kier alpha value is -1.24. The number of ether oxygens (including phenoxy) is 1. The molecule has 1 aromatic rings. The number of hydrogen-bond donors (Lipinski definition) is 0. The molecule has 2 rings (SSSR count). The molecule has 0 N–H and O–H groups in total. The fourth-order valence-electron chi connectivity index (χ4n) is 1.34. The van der Waals surface area contributed by atoms with E-state index in [1.807, 2.05) is 18.2 Å². The Labute approximate surface area is 72.7 Å². The van der Waals surface area contributed by atoms with Gasteiger partial charge in [-0.2, -0.15) is 0 Å². The van der Waals surface area contributed by atoms with Crippen molar-refractivity contribution in [2.75, 3.05) is 6.61 Å². The number of allylic oxidation sites excluding steroid dienone is 1. The van der Waals surface area contributed by atoms with E-state index in [9.17, 15) is 0 Å². The molecule has 0 atom stereocenters. The summed E-state index contributed by atoms with van der Waals surface area (Å²) >= 11 is 0. The molecule has 0 aliphatic carbocycles. The topological polar surface area (TPSA) is 9.23 Å². The van der Waals surface area contributed by atoms with Crippen molar-refractivity contribution in [2.24, 2.45) is 0 Å². The summed E-state index contributed by atoms with van der Waals surface area (Å²) in [5, 5.41) is 0. The van der Waals surface area contributed by atoms with Gasteiger partial charge in [0, 0.05) is 5.56 Å². The summed E-state index contributed by atoms with van der Waals surface area (Å²) in [5.41, 5.74) is 1.19. The zero-order chi connectivity index (χ0) is 8.23. The van der Waals surface area contributed by atoms with Crippen molar-refractivity contribution in [1.29, 1.82) is 0 Å². The molecule has 1 heterocycles. The molecular weight excluding hydrogens is 148 g/mol. The summed E-state index contributed by atoms with van der Waals surface area (Å²) in [7, 11) is 0. The third-order valence-corrected chi connectivity index (χ3v) is 1.99. The quantitative estimate of drug-likeness (QED) is 0.567. The summed E-state index contributed by atoms with van der Waals surface area (Å²) in [6.45, 7) is 0.835. The Morgan fingerprint density at radius 2 is 2.08 bits per heavy atom. The van der Waals surface area contributed by atoms with Gasteiger partial charge in [0.25, 0.3) is 0 Å². The second-order valence-electron chi connectivity index (χ2n) is 2.93. The molecule has 0 saturated heterocycles. The van der Waals surface area contributed by atoms with Crippen LogP contribution in [0.5, 0.6) is 5.75 Å². The van der Waals surface area contributed by atoms with E-state index in [1.54, 1.807) is 0 Å². The van der Waals surface area contributed by atoms with Gasteiger partial charge in [-0.05, 0) is 18.9 Å². The third-order valence-electron chi connectivity index (χ3n) is 1.99. The van der Waals surface area contributed by atoms with Gasteiger partial charge in [-0.15, -0.1) is 0 Å². The second kappa shape index (κ2) is 3.44. The maximum atomic E-state index is 5.58. The molecule has 0 amide bonds. The van der Waals surface area contributed by atoms with E-state index < -0.39 is 0 Å². The number of hydrogen-bond acceptors (Lipinski definition) is 1. The molecule has 62 valence electrons. The van der Waals surface area contributed by atoms with Crippen molar-refractivity contribution in [3.8, 4) is 5.75 Å². The van der Waals surface area contributed by atoms with Gasteiger partial charge in [-0.1, -0.05) is 30.4 Å².